The summed E-state index contributed by atoms with van der Waals surface area (Å²) in [7, 11) is 0. The molecule has 0 saturated carbocycles. The average molecular weight is 312 g/mol. The molecular formula is C18H20N2O3. The predicted molar refractivity (Wildman–Crippen MR) is 90.6 cm³/mol. The fourth-order valence-corrected chi connectivity index (χ4v) is 2.22. The van der Waals surface area contributed by atoms with Gasteiger partial charge in [0, 0.05) is 5.69 Å². The maximum Gasteiger partial charge on any atom is 0.314 e. The number of carbonyl (C=O) groups is 2. The molecule has 0 fully saturated rings. The van der Waals surface area contributed by atoms with Crippen LogP contribution in [0.15, 0.2) is 42.5 Å². The Morgan fingerprint density at radius 3 is 2.22 bits per heavy atom. The summed E-state index contributed by atoms with van der Waals surface area (Å²) in [6.45, 7) is 5.85. The minimum Gasteiger partial charge on any atom is -0.506 e. The zero-order chi connectivity index (χ0) is 17.0. The smallest absolute Gasteiger partial charge is 0.314 e. The Labute approximate surface area is 135 Å². The number of carbonyl (C=O) groups excluding carboxylic acids is 2. The number of rotatable bonds is 3. The fourth-order valence-electron chi connectivity index (χ4n) is 2.22. The number of anilines is 2. The van der Waals surface area contributed by atoms with E-state index in [1.807, 2.05) is 32.9 Å². The minimum atomic E-state index is -0.829. The molecule has 0 radical (unpaired) electrons. The summed E-state index contributed by atoms with van der Waals surface area (Å²) in [5.41, 5.74) is 2.63. The Morgan fingerprint density at radius 1 is 0.957 bits per heavy atom. The number of aryl methyl sites for hydroxylation is 1. The quantitative estimate of drug-likeness (QED) is 0.600. The van der Waals surface area contributed by atoms with Gasteiger partial charge in [-0.3, -0.25) is 9.59 Å². The first kappa shape index (κ1) is 16.5. The Hall–Kier alpha value is -2.82. The van der Waals surface area contributed by atoms with E-state index in [0.29, 0.717) is 5.69 Å². The molecule has 5 heteroatoms. The van der Waals surface area contributed by atoms with Crippen molar-refractivity contribution in [3.8, 4) is 5.75 Å². The molecular weight excluding hydrogens is 292 g/mol. The van der Waals surface area contributed by atoms with Crippen LogP contribution in [0.4, 0.5) is 11.4 Å². The average Bonchev–Trinajstić information content (AvgIpc) is 2.51. The van der Waals surface area contributed by atoms with Crippen molar-refractivity contribution >= 4 is 23.2 Å². The van der Waals surface area contributed by atoms with Gasteiger partial charge in [-0.1, -0.05) is 38.1 Å². The third kappa shape index (κ3) is 4.10. The van der Waals surface area contributed by atoms with Crippen LogP contribution in [0.5, 0.6) is 5.75 Å². The van der Waals surface area contributed by atoms with Gasteiger partial charge in [0.25, 0.3) is 0 Å². The number of phenols is 1. The van der Waals surface area contributed by atoms with Gasteiger partial charge in [0.2, 0.25) is 0 Å². The maximum atomic E-state index is 12.1. The summed E-state index contributed by atoms with van der Waals surface area (Å²) in [5, 5.41) is 14.8. The number of hydrogen-bond acceptors (Lipinski definition) is 3. The lowest BCUT2D eigenvalue weighted by Crippen LogP contribution is -2.29. The predicted octanol–water partition coefficient (Wildman–Crippen LogP) is 3.40. The molecule has 120 valence electrons. The number of aromatic hydroxyl groups is 1. The molecule has 0 atom stereocenters. The van der Waals surface area contributed by atoms with Crippen LogP contribution in [-0.4, -0.2) is 16.9 Å². The monoisotopic (exact) mass is 312 g/mol. The summed E-state index contributed by atoms with van der Waals surface area (Å²) in [5.74, 6) is -1.47. The molecule has 0 unspecified atom stereocenters. The van der Waals surface area contributed by atoms with Gasteiger partial charge in [-0.15, -0.1) is 0 Å². The van der Waals surface area contributed by atoms with Crippen LogP contribution in [-0.2, 0) is 9.59 Å². The molecule has 3 N–H and O–H groups in total. The molecule has 2 rings (SSSR count). The van der Waals surface area contributed by atoms with E-state index >= 15 is 0 Å². The number of para-hydroxylation sites is 1. The Morgan fingerprint density at radius 2 is 1.57 bits per heavy atom. The van der Waals surface area contributed by atoms with Crippen molar-refractivity contribution in [1.29, 1.82) is 0 Å². The van der Waals surface area contributed by atoms with Crippen molar-refractivity contribution in [2.75, 3.05) is 10.6 Å². The van der Waals surface area contributed by atoms with Crippen LogP contribution in [0.2, 0.25) is 0 Å². The minimum absolute atomic E-state index is 0.0840. The van der Waals surface area contributed by atoms with Crippen LogP contribution < -0.4 is 10.6 Å². The third-order valence-electron chi connectivity index (χ3n) is 3.44. The van der Waals surface area contributed by atoms with Crippen LogP contribution in [0.3, 0.4) is 0 Å². The third-order valence-corrected chi connectivity index (χ3v) is 3.44. The highest BCUT2D eigenvalue weighted by Crippen LogP contribution is 2.25. The molecule has 0 heterocycles. The molecule has 0 aromatic heterocycles. The molecule has 2 aromatic rings. The molecule has 0 aliphatic heterocycles. The molecule has 0 aliphatic rings. The largest absolute Gasteiger partial charge is 0.506 e. The number of amides is 2. The molecule has 2 amide bonds. The lowest BCUT2D eigenvalue weighted by molar-refractivity contribution is -0.133. The SMILES string of the molecule is Cc1ccc(O)c(NC(=O)C(=O)Nc2ccccc2C(C)C)c1. The van der Waals surface area contributed by atoms with E-state index in [0.717, 1.165) is 11.1 Å². The highest BCUT2D eigenvalue weighted by Gasteiger charge is 2.17. The lowest BCUT2D eigenvalue weighted by Gasteiger charge is -2.13. The summed E-state index contributed by atoms with van der Waals surface area (Å²) >= 11 is 0. The summed E-state index contributed by atoms with van der Waals surface area (Å²) in [6, 6.07) is 12.1. The second-order valence-electron chi connectivity index (χ2n) is 5.67. The number of nitrogens with one attached hydrogen (secondary N) is 2. The van der Waals surface area contributed by atoms with E-state index in [9.17, 15) is 14.7 Å². The standard InChI is InChI=1S/C18H20N2O3/c1-11(2)13-6-4-5-7-14(13)19-17(22)18(23)20-15-10-12(3)8-9-16(15)21/h4-11,21H,1-3H3,(H,19,22)(H,20,23). The lowest BCUT2D eigenvalue weighted by atomic mass is 10.0. The molecule has 5 nitrogen and oxygen atoms in total. The summed E-state index contributed by atoms with van der Waals surface area (Å²) < 4.78 is 0. The molecule has 0 saturated heterocycles. The van der Waals surface area contributed by atoms with Crippen LogP contribution in [0, 0.1) is 6.92 Å². The van der Waals surface area contributed by atoms with E-state index < -0.39 is 11.8 Å². The molecule has 0 spiro atoms. The number of phenolic OH excluding ortho intramolecular Hbond substituents is 1. The van der Waals surface area contributed by atoms with Gasteiger partial charge < -0.3 is 15.7 Å². The van der Waals surface area contributed by atoms with Crippen molar-refractivity contribution in [2.24, 2.45) is 0 Å². The first-order valence-corrected chi connectivity index (χ1v) is 7.39. The van der Waals surface area contributed by atoms with Gasteiger partial charge in [0.05, 0.1) is 5.69 Å². The summed E-state index contributed by atoms with van der Waals surface area (Å²) in [6.07, 6.45) is 0. The molecule has 0 bridgehead atoms. The van der Waals surface area contributed by atoms with Crippen molar-refractivity contribution in [3.63, 3.8) is 0 Å². The van der Waals surface area contributed by atoms with Gasteiger partial charge in [0.15, 0.2) is 0 Å². The van der Waals surface area contributed by atoms with Gasteiger partial charge in [-0.2, -0.15) is 0 Å². The zero-order valence-corrected chi connectivity index (χ0v) is 13.4. The Bertz CT molecular complexity index is 739. The topological polar surface area (TPSA) is 78.4 Å². The van der Waals surface area contributed by atoms with E-state index in [2.05, 4.69) is 10.6 Å². The number of benzene rings is 2. The van der Waals surface area contributed by atoms with Gasteiger partial charge in [-0.25, -0.2) is 0 Å². The van der Waals surface area contributed by atoms with E-state index in [1.54, 1.807) is 24.3 Å². The zero-order valence-electron chi connectivity index (χ0n) is 13.4. The van der Waals surface area contributed by atoms with Crippen LogP contribution in [0.25, 0.3) is 0 Å². The van der Waals surface area contributed by atoms with Crippen molar-refractivity contribution in [1.82, 2.24) is 0 Å². The normalized spacial score (nSPS) is 10.4. The number of hydrogen-bond donors (Lipinski definition) is 3. The van der Waals surface area contributed by atoms with Crippen molar-refractivity contribution in [2.45, 2.75) is 26.7 Å². The van der Waals surface area contributed by atoms with Crippen LogP contribution >= 0.6 is 0 Å². The van der Waals surface area contributed by atoms with Gasteiger partial charge in [-0.05, 0) is 42.2 Å². The maximum absolute atomic E-state index is 12.1. The van der Waals surface area contributed by atoms with Crippen LogP contribution in [0.1, 0.15) is 30.9 Å². The first-order chi connectivity index (χ1) is 10.9. The van der Waals surface area contributed by atoms with Gasteiger partial charge in [0.1, 0.15) is 5.75 Å². The first-order valence-electron chi connectivity index (χ1n) is 7.39. The summed E-state index contributed by atoms with van der Waals surface area (Å²) in [4.78, 5) is 24.1. The van der Waals surface area contributed by atoms with Crippen molar-refractivity contribution < 1.29 is 14.7 Å². The second-order valence-corrected chi connectivity index (χ2v) is 5.67. The Kier molecular flexibility index (Phi) is 5.01. The Balaban J connectivity index is 2.12. The molecule has 0 aliphatic carbocycles. The van der Waals surface area contributed by atoms with E-state index in [-0.39, 0.29) is 17.4 Å². The molecule has 2 aromatic carbocycles. The highest BCUT2D eigenvalue weighted by atomic mass is 16.3. The fraction of sp³-hybridized carbons (Fsp3) is 0.222. The van der Waals surface area contributed by atoms with E-state index in [4.69, 9.17) is 0 Å². The van der Waals surface area contributed by atoms with Gasteiger partial charge >= 0.3 is 11.8 Å². The van der Waals surface area contributed by atoms with Crippen molar-refractivity contribution in [3.05, 3.63) is 53.6 Å². The second kappa shape index (κ2) is 6.96. The van der Waals surface area contributed by atoms with E-state index in [1.165, 1.54) is 6.07 Å². The highest BCUT2D eigenvalue weighted by molar-refractivity contribution is 6.43. The molecule has 23 heavy (non-hydrogen) atoms.